The molecular weight excluding hydrogens is 424 g/mol. The molecule has 0 N–H and O–H groups in total. The lowest BCUT2D eigenvalue weighted by Crippen LogP contribution is -2.07. The van der Waals surface area contributed by atoms with Crippen LogP contribution in [0, 0.1) is 22.7 Å². The van der Waals surface area contributed by atoms with Crippen LogP contribution < -0.4 is 9.47 Å². The van der Waals surface area contributed by atoms with Crippen LogP contribution in [0.1, 0.15) is 33.4 Å². The van der Waals surface area contributed by atoms with Gasteiger partial charge in [-0.25, -0.2) is 0 Å². The van der Waals surface area contributed by atoms with Gasteiger partial charge in [-0.15, -0.1) is 0 Å². The summed E-state index contributed by atoms with van der Waals surface area (Å²) in [5.74, 6) is 1.23. The molecule has 2 aromatic carbocycles. The van der Waals surface area contributed by atoms with Crippen molar-refractivity contribution in [3.63, 3.8) is 0 Å². The highest BCUT2D eigenvalue weighted by atomic mass is 16.5. The molecule has 0 aliphatic carbocycles. The first-order valence-corrected chi connectivity index (χ1v) is 10.4. The Bertz CT molecular complexity index is 860. The van der Waals surface area contributed by atoms with Gasteiger partial charge in [0.2, 0.25) is 0 Å². The molecule has 0 aromatic heterocycles. The summed E-state index contributed by atoms with van der Waals surface area (Å²) in [6.45, 7) is 1.26. The van der Waals surface area contributed by atoms with E-state index in [1.165, 1.54) is 0 Å². The van der Waals surface area contributed by atoms with Gasteiger partial charge in [0.1, 0.15) is 23.6 Å². The predicted molar refractivity (Wildman–Crippen MR) is 121 cm³/mol. The van der Waals surface area contributed by atoms with Crippen molar-refractivity contribution in [2.24, 2.45) is 0 Å². The molecule has 0 amide bonds. The topological polar surface area (TPSA) is 103 Å². The minimum absolute atomic E-state index is 0.0578. The number of methoxy groups -OCH3 is 4. The Balaban J connectivity index is 2.51. The average Bonchev–Trinajstić information content (AvgIpc) is 2.79. The Morgan fingerprint density at radius 3 is 1.12 bits per heavy atom. The van der Waals surface area contributed by atoms with Crippen LogP contribution in [-0.4, -0.2) is 41.7 Å². The molecule has 0 atom stereocenters. The molecule has 0 aliphatic heterocycles. The van der Waals surface area contributed by atoms with Gasteiger partial charge in [-0.1, -0.05) is 0 Å². The van der Waals surface area contributed by atoms with Crippen molar-refractivity contribution in [3.05, 3.63) is 57.6 Å². The maximum atomic E-state index is 8.95. The summed E-state index contributed by atoms with van der Waals surface area (Å²) in [6.07, 6.45) is 0.623. The minimum atomic E-state index is -0.0578. The van der Waals surface area contributed by atoms with Crippen LogP contribution in [0.2, 0.25) is 0 Å². The van der Waals surface area contributed by atoms with Crippen LogP contribution in [0.15, 0.2) is 24.3 Å². The second kappa shape index (κ2) is 14.1. The molecule has 176 valence electrons. The maximum Gasteiger partial charge on any atom is 0.174 e. The SMILES string of the molecule is COCc1cc(Cc2cc(COC)c(OCC#N)c(COC)c2)cc(COC)c1OCC#N. The quantitative estimate of drug-likeness (QED) is 0.426. The minimum Gasteiger partial charge on any atom is -0.478 e. The fraction of sp³-hybridized carbons (Fsp3) is 0.440. The highest BCUT2D eigenvalue weighted by molar-refractivity contribution is 5.49. The summed E-state index contributed by atoms with van der Waals surface area (Å²) in [7, 11) is 6.46. The smallest absolute Gasteiger partial charge is 0.174 e. The zero-order valence-electron chi connectivity index (χ0n) is 19.6. The van der Waals surface area contributed by atoms with Crippen molar-refractivity contribution in [1.82, 2.24) is 0 Å². The zero-order valence-corrected chi connectivity index (χ0v) is 19.6. The van der Waals surface area contributed by atoms with E-state index in [0.29, 0.717) is 44.3 Å². The molecule has 0 spiro atoms. The van der Waals surface area contributed by atoms with E-state index in [1.54, 1.807) is 28.4 Å². The summed E-state index contributed by atoms with van der Waals surface area (Å²) < 4.78 is 32.8. The van der Waals surface area contributed by atoms with Crippen molar-refractivity contribution < 1.29 is 28.4 Å². The van der Waals surface area contributed by atoms with Gasteiger partial charge in [-0.3, -0.25) is 0 Å². The largest absolute Gasteiger partial charge is 0.478 e. The number of rotatable bonds is 14. The molecule has 0 radical (unpaired) electrons. The van der Waals surface area contributed by atoms with Gasteiger partial charge >= 0.3 is 0 Å². The van der Waals surface area contributed by atoms with Gasteiger partial charge in [0.05, 0.1) is 26.4 Å². The molecule has 0 unspecified atom stereocenters. The lowest BCUT2D eigenvalue weighted by atomic mass is 9.96. The summed E-state index contributed by atoms with van der Waals surface area (Å²) >= 11 is 0. The number of hydrogen-bond acceptors (Lipinski definition) is 8. The second-order valence-electron chi connectivity index (χ2n) is 7.29. The first kappa shape index (κ1) is 26.1. The molecule has 0 bridgehead atoms. The Morgan fingerprint density at radius 2 is 0.879 bits per heavy atom. The third-order valence-electron chi connectivity index (χ3n) is 4.77. The van der Waals surface area contributed by atoms with Crippen molar-refractivity contribution in [1.29, 1.82) is 10.5 Å². The normalized spacial score (nSPS) is 10.5. The number of hydrogen-bond donors (Lipinski definition) is 0. The van der Waals surface area contributed by atoms with Crippen LogP contribution in [0.4, 0.5) is 0 Å². The van der Waals surface area contributed by atoms with E-state index in [-0.39, 0.29) is 13.2 Å². The van der Waals surface area contributed by atoms with Crippen molar-refractivity contribution >= 4 is 0 Å². The molecule has 0 aliphatic rings. The van der Waals surface area contributed by atoms with Crippen LogP contribution >= 0.6 is 0 Å². The molecule has 8 nitrogen and oxygen atoms in total. The van der Waals surface area contributed by atoms with Crippen molar-refractivity contribution in [2.45, 2.75) is 32.8 Å². The molecule has 0 fully saturated rings. The van der Waals surface area contributed by atoms with Gasteiger partial charge in [0.15, 0.2) is 13.2 Å². The molecule has 0 saturated heterocycles. The van der Waals surface area contributed by atoms with Gasteiger partial charge in [-0.2, -0.15) is 10.5 Å². The third kappa shape index (κ3) is 7.45. The molecule has 8 heteroatoms. The Hall–Kier alpha value is -3.14. The van der Waals surface area contributed by atoms with Gasteiger partial charge in [-0.05, 0) is 41.8 Å². The van der Waals surface area contributed by atoms with Gasteiger partial charge in [0, 0.05) is 50.7 Å². The monoisotopic (exact) mass is 454 g/mol. The average molecular weight is 455 g/mol. The first-order chi connectivity index (χ1) is 16.1. The number of nitriles is 2. The first-order valence-electron chi connectivity index (χ1n) is 10.4. The van der Waals surface area contributed by atoms with Gasteiger partial charge in [0.25, 0.3) is 0 Å². The summed E-state index contributed by atoms with van der Waals surface area (Å²) in [5, 5.41) is 17.9. The highest BCUT2D eigenvalue weighted by Gasteiger charge is 2.16. The number of ether oxygens (including phenoxy) is 6. The Morgan fingerprint density at radius 1 is 0.576 bits per heavy atom. The standard InChI is InChI=1S/C25H30N2O6/c1-28-14-20-10-18(11-21(15-29-2)24(20)32-7-5-26)9-19-12-22(16-30-3)25(33-8-6-27)23(13-19)17-31-4/h10-13H,7-9,14-17H2,1-4H3. The van der Waals surface area contributed by atoms with Crippen molar-refractivity contribution in [3.8, 4) is 23.6 Å². The predicted octanol–water partition coefficient (Wildman–Crippen LogP) is 3.67. The van der Waals surface area contributed by atoms with E-state index >= 15 is 0 Å². The van der Waals surface area contributed by atoms with Crippen molar-refractivity contribution in [2.75, 3.05) is 41.7 Å². The molecule has 33 heavy (non-hydrogen) atoms. The molecular formula is C25H30N2O6. The van der Waals surface area contributed by atoms with E-state index in [9.17, 15) is 0 Å². The molecule has 0 heterocycles. The van der Waals surface area contributed by atoms with Crippen LogP contribution in [0.5, 0.6) is 11.5 Å². The van der Waals surface area contributed by atoms with E-state index in [4.69, 9.17) is 38.9 Å². The highest BCUT2D eigenvalue weighted by Crippen LogP contribution is 2.32. The summed E-state index contributed by atoms with van der Waals surface area (Å²) in [5.41, 5.74) is 5.47. The zero-order chi connectivity index (χ0) is 24.1. The van der Waals surface area contributed by atoms with Gasteiger partial charge < -0.3 is 28.4 Å². The van der Waals surface area contributed by atoms with E-state index in [1.807, 2.05) is 36.4 Å². The third-order valence-corrected chi connectivity index (χ3v) is 4.77. The maximum absolute atomic E-state index is 8.95. The molecule has 2 rings (SSSR count). The van der Waals surface area contributed by atoms with Crippen LogP contribution in [-0.2, 0) is 51.8 Å². The lowest BCUT2D eigenvalue weighted by molar-refractivity contribution is 0.172. The number of nitrogens with zero attached hydrogens (tertiary/aromatic N) is 2. The Labute approximate surface area is 195 Å². The van der Waals surface area contributed by atoms with E-state index in [2.05, 4.69) is 0 Å². The fourth-order valence-electron chi connectivity index (χ4n) is 3.72. The molecule has 0 saturated carbocycles. The lowest BCUT2D eigenvalue weighted by Gasteiger charge is -2.18. The Kier molecular flexibility index (Phi) is 11.2. The van der Waals surface area contributed by atoms with E-state index < -0.39 is 0 Å². The van der Waals surface area contributed by atoms with Crippen LogP contribution in [0.25, 0.3) is 0 Å². The fourth-order valence-corrected chi connectivity index (χ4v) is 3.72. The van der Waals surface area contributed by atoms with Crippen LogP contribution in [0.3, 0.4) is 0 Å². The van der Waals surface area contributed by atoms with E-state index in [0.717, 1.165) is 33.4 Å². The summed E-state index contributed by atoms with van der Waals surface area (Å²) in [4.78, 5) is 0. The number of benzene rings is 2. The summed E-state index contributed by atoms with van der Waals surface area (Å²) in [6, 6.07) is 12.1. The second-order valence-corrected chi connectivity index (χ2v) is 7.29. The molecule has 2 aromatic rings.